The van der Waals surface area contributed by atoms with Crippen LogP contribution in [0.5, 0.6) is 0 Å². The maximum atomic E-state index is 4.68. The molecule has 110 valence electrons. The molecular weight excluding hydrogens is 260 g/mol. The van der Waals surface area contributed by atoms with Crippen molar-refractivity contribution in [3.63, 3.8) is 0 Å². The Labute approximate surface area is 126 Å². The summed E-state index contributed by atoms with van der Waals surface area (Å²) >= 11 is 0. The van der Waals surface area contributed by atoms with Crippen molar-refractivity contribution in [1.82, 2.24) is 9.97 Å². The van der Waals surface area contributed by atoms with Gasteiger partial charge in [-0.1, -0.05) is 25.1 Å². The van der Waals surface area contributed by atoms with Crippen LogP contribution in [-0.2, 0) is 0 Å². The normalized spacial score (nSPS) is 14.0. The number of para-hydroxylation sites is 1. The number of benzene rings is 1. The van der Waals surface area contributed by atoms with Crippen LogP contribution in [0.15, 0.2) is 30.3 Å². The average Bonchev–Trinajstić information content (AvgIpc) is 3.32. The second-order valence-electron chi connectivity index (χ2n) is 5.64. The van der Waals surface area contributed by atoms with E-state index in [1.165, 1.54) is 18.4 Å². The summed E-state index contributed by atoms with van der Waals surface area (Å²) < 4.78 is 0. The van der Waals surface area contributed by atoms with Crippen molar-refractivity contribution < 1.29 is 0 Å². The number of aryl methyl sites for hydroxylation is 1. The molecule has 0 unspecified atom stereocenters. The van der Waals surface area contributed by atoms with E-state index < -0.39 is 0 Å². The van der Waals surface area contributed by atoms with Crippen LogP contribution in [0.1, 0.15) is 43.5 Å². The predicted octanol–water partition coefficient (Wildman–Crippen LogP) is 4.23. The molecular formula is C17H22N4. The standard InChI is InChI=1S/C17H22N4/c1-3-10-18-15-11-16(21-17(20-15)13-8-9-13)19-14-7-5-4-6-12(14)2/h4-7,11,13H,3,8-10H2,1-2H3,(H2,18,19,20,21). The Morgan fingerprint density at radius 3 is 2.62 bits per heavy atom. The lowest BCUT2D eigenvalue weighted by atomic mass is 10.2. The summed E-state index contributed by atoms with van der Waals surface area (Å²) in [5, 5.41) is 6.79. The molecule has 2 aromatic rings. The molecule has 0 aliphatic heterocycles. The zero-order chi connectivity index (χ0) is 14.7. The van der Waals surface area contributed by atoms with E-state index >= 15 is 0 Å². The van der Waals surface area contributed by atoms with Crippen molar-refractivity contribution in [2.24, 2.45) is 0 Å². The summed E-state index contributed by atoms with van der Waals surface area (Å²) in [4.78, 5) is 9.31. The Morgan fingerprint density at radius 2 is 1.90 bits per heavy atom. The molecule has 3 rings (SSSR count). The summed E-state index contributed by atoms with van der Waals surface area (Å²) in [6, 6.07) is 10.3. The minimum absolute atomic E-state index is 0.547. The quantitative estimate of drug-likeness (QED) is 0.832. The highest BCUT2D eigenvalue weighted by Gasteiger charge is 2.27. The molecule has 0 atom stereocenters. The smallest absolute Gasteiger partial charge is 0.136 e. The molecule has 1 aliphatic rings. The van der Waals surface area contributed by atoms with Crippen LogP contribution < -0.4 is 10.6 Å². The number of nitrogens with one attached hydrogen (secondary N) is 2. The van der Waals surface area contributed by atoms with Gasteiger partial charge < -0.3 is 10.6 Å². The Kier molecular flexibility index (Phi) is 4.04. The van der Waals surface area contributed by atoms with Crippen LogP contribution in [-0.4, -0.2) is 16.5 Å². The van der Waals surface area contributed by atoms with Gasteiger partial charge >= 0.3 is 0 Å². The first-order valence-electron chi connectivity index (χ1n) is 7.71. The molecule has 1 saturated carbocycles. The molecule has 2 N–H and O–H groups in total. The summed E-state index contributed by atoms with van der Waals surface area (Å²) in [5.74, 6) is 3.31. The molecule has 1 aliphatic carbocycles. The molecule has 0 radical (unpaired) electrons. The van der Waals surface area contributed by atoms with E-state index in [1.54, 1.807) is 0 Å². The van der Waals surface area contributed by atoms with Gasteiger partial charge in [0.1, 0.15) is 17.5 Å². The van der Waals surface area contributed by atoms with Crippen LogP contribution >= 0.6 is 0 Å². The largest absolute Gasteiger partial charge is 0.370 e. The van der Waals surface area contributed by atoms with Gasteiger partial charge in [-0.15, -0.1) is 0 Å². The van der Waals surface area contributed by atoms with Crippen LogP contribution in [0, 0.1) is 6.92 Å². The molecule has 4 heteroatoms. The SMILES string of the molecule is CCCNc1cc(Nc2ccccc2C)nc(C2CC2)n1. The Morgan fingerprint density at radius 1 is 1.14 bits per heavy atom. The van der Waals surface area contributed by atoms with Gasteiger partial charge in [0.15, 0.2) is 0 Å². The maximum Gasteiger partial charge on any atom is 0.136 e. The van der Waals surface area contributed by atoms with Crippen molar-refractivity contribution in [2.75, 3.05) is 17.2 Å². The zero-order valence-electron chi connectivity index (χ0n) is 12.7. The van der Waals surface area contributed by atoms with Gasteiger partial charge in [-0.25, -0.2) is 9.97 Å². The van der Waals surface area contributed by atoms with E-state index in [0.717, 1.165) is 36.1 Å². The number of anilines is 3. The number of nitrogens with zero attached hydrogens (tertiary/aromatic N) is 2. The van der Waals surface area contributed by atoms with E-state index in [2.05, 4.69) is 46.6 Å². The number of aromatic nitrogens is 2. The molecule has 1 aromatic carbocycles. The van der Waals surface area contributed by atoms with E-state index in [1.807, 2.05) is 18.2 Å². The van der Waals surface area contributed by atoms with Gasteiger partial charge in [0.05, 0.1) is 0 Å². The van der Waals surface area contributed by atoms with Crippen LogP contribution in [0.2, 0.25) is 0 Å². The Bertz CT molecular complexity index is 620. The monoisotopic (exact) mass is 282 g/mol. The third-order valence-corrected chi connectivity index (χ3v) is 3.65. The molecule has 4 nitrogen and oxygen atoms in total. The van der Waals surface area contributed by atoms with Gasteiger partial charge in [0.25, 0.3) is 0 Å². The first kappa shape index (κ1) is 13.9. The van der Waals surface area contributed by atoms with Crippen molar-refractivity contribution in [1.29, 1.82) is 0 Å². The average molecular weight is 282 g/mol. The van der Waals surface area contributed by atoms with Gasteiger partial charge in [0, 0.05) is 24.2 Å². The summed E-state index contributed by atoms with van der Waals surface area (Å²) in [6.07, 6.45) is 3.51. The lowest BCUT2D eigenvalue weighted by Gasteiger charge is -2.12. The van der Waals surface area contributed by atoms with Crippen LogP contribution in [0.25, 0.3) is 0 Å². The fourth-order valence-electron chi connectivity index (χ4n) is 2.25. The molecule has 0 amide bonds. The van der Waals surface area contributed by atoms with Crippen LogP contribution in [0.3, 0.4) is 0 Å². The second kappa shape index (κ2) is 6.12. The lowest BCUT2D eigenvalue weighted by Crippen LogP contribution is -2.07. The van der Waals surface area contributed by atoms with E-state index in [0.29, 0.717) is 5.92 Å². The first-order valence-corrected chi connectivity index (χ1v) is 7.71. The molecule has 0 saturated heterocycles. The minimum Gasteiger partial charge on any atom is -0.370 e. The number of hydrogen-bond acceptors (Lipinski definition) is 4. The third-order valence-electron chi connectivity index (χ3n) is 3.65. The Balaban J connectivity index is 1.86. The zero-order valence-corrected chi connectivity index (χ0v) is 12.7. The van der Waals surface area contributed by atoms with E-state index in [-0.39, 0.29) is 0 Å². The second-order valence-corrected chi connectivity index (χ2v) is 5.64. The van der Waals surface area contributed by atoms with Crippen molar-refractivity contribution in [3.05, 3.63) is 41.7 Å². The van der Waals surface area contributed by atoms with Crippen molar-refractivity contribution in [3.8, 4) is 0 Å². The molecule has 1 heterocycles. The van der Waals surface area contributed by atoms with Crippen LogP contribution in [0.4, 0.5) is 17.3 Å². The Hall–Kier alpha value is -2.10. The van der Waals surface area contributed by atoms with E-state index in [4.69, 9.17) is 0 Å². The topological polar surface area (TPSA) is 49.8 Å². The summed E-state index contributed by atoms with van der Waals surface area (Å²) in [5.41, 5.74) is 2.31. The highest BCUT2D eigenvalue weighted by molar-refractivity contribution is 5.62. The maximum absolute atomic E-state index is 4.68. The first-order chi connectivity index (χ1) is 10.3. The number of hydrogen-bond donors (Lipinski definition) is 2. The fraction of sp³-hybridized carbons (Fsp3) is 0.412. The highest BCUT2D eigenvalue weighted by Crippen LogP contribution is 2.39. The summed E-state index contributed by atoms with van der Waals surface area (Å²) in [6.45, 7) is 5.19. The van der Waals surface area contributed by atoms with Crippen molar-refractivity contribution in [2.45, 2.75) is 39.0 Å². The molecule has 0 bridgehead atoms. The van der Waals surface area contributed by atoms with Gasteiger partial charge in [0.2, 0.25) is 0 Å². The molecule has 0 spiro atoms. The minimum atomic E-state index is 0.547. The summed E-state index contributed by atoms with van der Waals surface area (Å²) in [7, 11) is 0. The number of rotatable bonds is 6. The lowest BCUT2D eigenvalue weighted by molar-refractivity contribution is 0.911. The van der Waals surface area contributed by atoms with Gasteiger partial charge in [-0.2, -0.15) is 0 Å². The molecule has 1 aromatic heterocycles. The third kappa shape index (κ3) is 3.51. The predicted molar refractivity (Wildman–Crippen MR) is 87.2 cm³/mol. The molecule has 1 fully saturated rings. The fourth-order valence-corrected chi connectivity index (χ4v) is 2.25. The van der Waals surface area contributed by atoms with Gasteiger partial charge in [-0.05, 0) is 37.8 Å². The van der Waals surface area contributed by atoms with Crippen molar-refractivity contribution >= 4 is 17.3 Å². The van der Waals surface area contributed by atoms with Gasteiger partial charge in [-0.3, -0.25) is 0 Å². The highest BCUT2D eigenvalue weighted by atomic mass is 15.1. The van der Waals surface area contributed by atoms with E-state index in [9.17, 15) is 0 Å². The molecule has 21 heavy (non-hydrogen) atoms.